The van der Waals surface area contributed by atoms with Crippen LogP contribution < -0.4 is 5.32 Å². The number of hydrogen-bond donors (Lipinski definition) is 1. The van der Waals surface area contributed by atoms with Gasteiger partial charge in [-0.2, -0.15) is 0 Å². The Labute approximate surface area is 93.2 Å². The molecule has 0 unspecified atom stereocenters. The fraction of sp³-hybridized carbons (Fsp3) is 1.00. The molecule has 15 heavy (non-hydrogen) atoms. The van der Waals surface area contributed by atoms with Gasteiger partial charge in [0.1, 0.15) is 0 Å². The van der Waals surface area contributed by atoms with Gasteiger partial charge in [0.15, 0.2) is 0 Å². The van der Waals surface area contributed by atoms with E-state index in [4.69, 9.17) is 4.74 Å². The van der Waals surface area contributed by atoms with E-state index in [-0.39, 0.29) is 0 Å². The number of ether oxygens (including phenoxy) is 1. The van der Waals surface area contributed by atoms with Crippen LogP contribution in [-0.2, 0) is 4.74 Å². The normalized spacial score (nSPS) is 38.4. The van der Waals surface area contributed by atoms with Crippen molar-refractivity contribution >= 4 is 0 Å². The SMILES string of the molecule is CN[C@H]1[C@@H](OC)CCC[C@@H]1N1CCCC1. The van der Waals surface area contributed by atoms with Crippen LogP contribution in [0.15, 0.2) is 0 Å². The summed E-state index contributed by atoms with van der Waals surface area (Å²) in [6.45, 7) is 2.58. The van der Waals surface area contributed by atoms with Crippen molar-refractivity contribution in [1.29, 1.82) is 0 Å². The number of nitrogens with one attached hydrogen (secondary N) is 1. The van der Waals surface area contributed by atoms with Crippen molar-refractivity contribution in [2.24, 2.45) is 0 Å². The number of rotatable bonds is 3. The third kappa shape index (κ3) is 2.35. The zero-order chi connectivity index (χ0) is 10.7. The standard InChI is InChI=1S/C12H24N2O/c1-13-12-10(14-8-3-4-9-14)6-5-7-11(12)15-2/h10-13H,3-9H2,1-2H3/t10-,11-,12+/m0/s1. The molecule has 2 fully saturated rings. The zero-order valence-electron chi connectivity index (χ0n) is 10.0. The first-order chi connectivity index (χ1) is 7.36. The Hall–Kier alpha value is -0.120. The highest BCUT2D eigenvalue weighted by atomic mass is 16.5. The van der Waals surface area contributed by atoms with E-state index >= 15 is 0 Å². The summed E-state index contributed by atoms with van der Waals surface area (Å²) in [7, 11) is 3.92. The van der Waals surface area contributed by atoms with Gasteiger partial charge in [0.25, 0.3) is 0 Å². The molecule has 1 aliphatic heterocycles. The van der Waals surface area contributed by atoms with Gasteiger partial charge in [0.05, 0.1) is 6.10 Å². The van der Waals surface area contributed by atoms with Gasteiger partial charge in [-0.15, -0.1) is 0 Å². The average molecular weight is 212 g/mol. The first-order valence-corrected chi connectivity index (χ1v) is 6.31. The number of likely N-dealkylation sites (N-methyl/N-ethyl adjacent to an activating group) is 1. The molecule has 0 radical (unpaired) electrons. The van der Waals surface area contributed by atoms with E-state index in [1.807, 2.05) is 7.11 Å². The lowest BCUT2D eigenvalue weighted by atomic mass is 9.87. The largest absolute Gasteiger partial charge is 0.380 e. The molecule has 1 heterocycles. The van der Waals surface area contributed by atoms with Crippen molar-refractivity contribution in [2.45, 2.75) is 50.3 Å². The topological polar surface area (TPSA) is 24.5 Å². The number of hydrogen-bond acceptors (Lipinski definition) is 3. The van der Waals surface area contributed by atoms with Crippen LogP contribution in [0, 0.1) is 0 Å². The maximum absolute atomic E-state index is 5.60. The molecular formula is C12H24N2O. The summed E-state index contributed by atoms with van der Waals surface area (Å²) in [5.74, 6) is 0. The van der Waals surface area contributed by atoms with Crippen LogP contribution in [0.5, 0.6) is 0 Å². The summed E-state index contributed by atoms with van der Waals surface area (Å²) in [6.07, 6.45) is 7.04. The van der Waals surface area contributed by atoms with Crippen LogP contribution in [0.2, 0.25) is 0 Å². The van der Waals surface area contributed by atoms with E-state index in [0.717, 1.165) is 0 Å². The molecule has 0 aromatic rings. The Morgan fingerprint density at radius 2 is 1.87 bits per heavy atom. The molecule has 0 spiro atoms. The highest BCUT2D eigenvalue weighted by Gasteiger charge is 2.36. The van der Waals surface area contributed by atoms with Crippen molar-refractivity contribution in [3.8, 4) is 0 Å². The Morgan fingerprint density at radius 1 is 1.13 bits per heavy atom. The molecule has 88 valence electrons. The lowest BCUT2D eigenvalue weighted by molar-refractivity contribution is 0.00364. The smallest absolute Gasteiger partial charge is 0.0739 e. The van der Waals surface area contributed by atoms with Gasteiger partial charge in [0.2, 0.25) is 0 Å². The summed E-state index contributed by atoms with van der Waals surface area (Å²) in [5, 5.41) is 3.47. The first-order valence-electron chi connectivity index (χ1n) is 6.31. The monoisotopic (exact) mass is 212 g/mol. The van der Waals surface area contributed by atoms with E-state index in [9.17, 15) is 0 Å². The molecule has 3 nitrogen and oxygen atoms in total. The van der Waals surface area contributed by atoms with Crippen LogP contribution in [0.3, 0.4) is 0 Å². The predicted octanol–water partition coefficient (Wildman–Crippen LogP) is 1.24. The zero-order valence-corrected chi connectivity index (χ0v) is 10.0. The summed E-state index contributed by atoms with van der Waals surface area (Å²) < 4.78 is 5.60. The van der Waals surface area contributed by atoms with Gasteiger partial charge in [-0.05, 0) is 52.2 Å². The minimum atomic E-state index is 0.411. The van der Waals surface area contributed by atoms with Gasteiger partial charge < -0.3 is 10.1 Å². The van der Waals surface area contributed by atoms with E-state index < -0.39 is 0 Å². The van der Waals surface area contributed by atoms with Crippen molar-refractivity contribution < 1.29 is 4.74 Å². The summed E-state index contributed by atoms with van der Waals surface area (Å²) >= 11 is 0. The molecule has 2 rings (SSSR count). The molecule has 1 saturated carbocycles. The molecule has 1 saturated heterocycles. The molecule has 0 bridgehead atoms. The second-order valence-electron chi connectivity index (χ2n) is 4.83. The molecule has 3 heteroatoms. The van der Waals surface area contributed by atoms with Crippen LogP contribution in [-0.4, -0.2) is 50.3 Å². The van der Waals surface area contributed by atoms with E-state index in [1.54, 1.807) is 0 Å². The summed E-state index contributed by atoms with van der Waals surface area (Å²) in [4.78, 5) is 2.66. The van der Waals surface area contributed by atoms with Crippen LogP contribution >= 0.6 is 0 Å². The third-order valence-electron chi connectivity index (χ3n) is 4.05. The quantitative estimate of drug-likeness (QED) is 0.762. The summed E-state index contributed by atoms with van der Waals surface area (Å²) in [6, 6.07) is 1.23. The maximum Gasteiger partial charge on any atom is 0.0739 e. The molecule has 1 aliphatic carbocycles. The summed E-state index contributed by atoms with van der Waals surface area (Å²) in [5.41, 5.74) is 0. The third-order valence-corrected chi connectivity index (χ3v) is 4.05. The molecule has 3 atom stereocenters. The maximum atomic E-state index is 5.60. The Bertz CT molecular complexity index is 192. The van der Waals surface area contributed by atoms with Gasteiger partial charge in [-0.1, -0.05) is 0 Å². The minimum Gasteiger partial charge on any atom is -0.380 e. The number of likely N-dealkylation sites (tertiary alicyclic amines) is 1. The van der Waals surface area contributed by atoms with E-state index in [0.29, 0.717) is 18.2 Å². The molecule has 1 N–H and O–H groups in total. The first kappa shape index (κ1) is 11.4. The molecule has 0 aromatic heterocycles. The van der Waals surface area contributed by atoms with Crippen LogP contribution in [0.4, 0.5) is 0 Å². The van der Waals surface area contributed by atoms with E-state index in [2.05, 4.69) is 17.3 Å². The fourth-order valence-electron chi connectivity index (χ4n) is 3.26. The number of nitrogens with zero attached hydrogens (tertiary/aromatic N) is 1. The van der Waals surface area contributed by atoms with Crippen LogP contribution in [0.1, 0.15) is 32.1 Å². The van der Waals surface area contributed by atoms with Crippen molar-refractivity contribution in [3.63, 3.8) is 0 Å². The van der Waals surface area contributed by atoms with Crippen molar-refractivity contribution in [1.82, 2.24) is 10.2 Å². The average Bonchev–Trinajstić information content (AvgIpc) is 2.81. The Morgan fingerprint density at radius 3 is 2.47 bits per heavy atom. The highest BCUT2D eigenvalue weighted by Crippen LogP contribution is 2.27. The minimum absolute atomic E-state index is 0.411. The van der Waals surface area contributed by atoms with Gasteiger partial charge >= 0.3 is 0 Å². The van der Waals surface area contributed by atoms with Gasteiger partial charge in [-0.3, -0.25) is 4.90 Å². The molecule has 0 aromatic carbocycles. The highest BCUT2D eigenvalue weighted by molar-refractivity contribution is 4.94. The second-order valence-corrected chi connectivity index (χ2v) is 4.83. The molecule has 0 amide bonds. The van der Waals surface area contributed by atoms with E-state index in [1.165, 1.54) is 45.2 Å². The van der Waals surface area contributed by atoms with Crippen LogP contribution in [0.25, 0.3) is 0 Å². The van der Waals surface area contributed by atoms with Crippen molar-refractivity contribution in [3.05, 3.63) is 0 Å². The lowest BCUT2D eigenvalue weighted by Crippen LogP contribution is -2.56. The number of methoxy groups -OCH3 is 1. The molecule has 2 aliphatic rings. The Balaban J connectivity index is 2.00. The van der Waals surface area contributed by atoms with Gasteiger partial charge in [0, 0.05) is 19.2 Å². The van der Waals surface area contributed by atoms with Crippen molar-refractivity contribution in [2.75, 3.05) is 27.2 Å². The predicted molar refractivity (Wildman–Crippen MR) is 62.1 cm³/mol. The fourth-order valence-corrected chi connectivity index (χ4v) is 3.26. The second kappa shape index (κ2) is 5.28. The Kier molecular flexibility index (Phi) is 4.00. The lowest BCUT2D eigenvalue weighted by Gasteiger charge is -2.41. The molecular weight excluding hydrogens is 188 g/mol. The van der Waals surface area contributed by atoms with Gasteiger partial charge in [-0.25, -0.2) is 0 Å².